The molecule has 0 fully saturated rings. The first-order valence-electron chi connectivity index (χ1n) is 6.54. The zero-order valence-electron chi connectivity index (χ0n) is 12.2. The average molecular weight is 298 g/mol. The number of carboxylic acid groups (broad SMARTS) is 1. The zero-order chi connectivity index (χ0) is 15.4. The maximum atomic E-state index is 12.3. The molecule has 0 aliphatic heterocycles. The van der Waals surface area contributed by atoms with Gasteiger partial charge in [-0.15, -0.1) is 0 Å². The first-order chi connectivity index (χ1) is 9.23. The van der Waals surface area contributed by atoms with Crippen molar-refractivity contribution in [2.75, 3.05) is 11.4 Å². The van der Waals surface area contributed by atoms with Crippen molar-refractivity contribution in [3.8, 4) is 0 Å². The molecule has 0 aliphatic rings. The Morgan fingerprint density at radius 2 is 1.90 bits per heavy atom. The second-order valence-electron chi connectivity index (χ2n) is 5.28. The van der Waals surface area contributed by atoms with Gasteiger partial charge in [-0.25, -0.2) is 0 Å². The molecule has 0 spiro atoms. The Balaban J connectivity index is 3.12. The summed E-state index contributed by atoms with van der Waals surface area (Å²) in [5.41, 5.74) is 1.55. The number of hydrogen-bond acceptors (Lipinski definition) is 2. The third-order valence-corrected chi connectivity index (χ3v) is 3.51. The van der Waals surface area contributed by atoms with E-state index in [1.54, 1.807) is 32.9 Å². The fourth-order valence-corrected chi connectivity index (χ4v) is 1.91. The van der Waals surface area contributed by atoms with Gasteiger partial charge in [-0.2, -0.15) is 0 Å². The first kappa shape index (κ1) is 16.5. The lowest BCUT2D eigenvalue weighted by Crippen LogP contribution is -2.39. The minimum atomic E-state index is -0.926. The Bertz CT molecular complexity index is 514. The molecule has 0 radical (unpaired) electrons. The standard InChI is InChI=1S/C15H20ClNO3/c1-9(2)14(18)17(8-11(4)15(19)20)12-6-5-10(3)13(16)7-12/h5-7,9,11H,8H2,1-4H3,(H,19,20). The number of carboxylic acids is 1. The molecular formula is C15H20ClNO3. The van der Waals surface area contributed by atoms with Crippen LogP contribution in [0.2, 0.25) is 5.02 Å². The maximum absolute atomic E-state index is 12.3. The number of rotatable bonds is 5. The van der Waals surface area contributed by atoms with Gasteiger partial charge in [0.25, 0.3) is 0 Å². The van der Waals surface area contributed by atoms with E-state index in [0.29, 0.717) is 10.7 Å². The second kappa shape index (κ2) is 6.75. The van der Waals surface area contributed by atoms with Gasteiger partial charge in [-0.05, 0) is 24.6 Å². The molecule has 4 nitrogen and oxygen atoms in total. The maximum Gasteiger partial charge on any atom is 0.308 e. The van der Waals surface area contributed by atoms with Crippen molar-refractivity contribution in [3.63, 3.8) is 0 Å². The summed E-state index contributed by atoms with van der Waals surface area (Å²) in [6.45, 7) is 7.16. The fraction of sp³-hybridized carbons (Fsp3) is 0.467. The summed E-state index contributed by atoms with van der Waals surface area (Å²) < 4.78 is 0. The van der Waals surface area contributed by atoms with Crippen LogP contribution in [0.3, 0.4) is 0 Å². The van der Waals surface area contributed by atoms with Gasteiger partial charge in [0.1, 0.15) is 0 Å². The predicted molar refractivity (Wildman–Crippen MR) is 80.2 cm³/mol. The van der Waals surface area contributed by atoms with Crippen molar-refractivity contribution >= 4 is 29.2 Å². The van der Waals surface area contributed by atoms with Crippen LogP contribution in [-0.2, 0) is 9.59 Å². The molecule has 110 valence electrons. The highest BCUT2D eigenvalue weighted by Crippen LogP contribution is 2.25. The van der Waals surface area contributed by atoms with E-state index in [1.807, 2.05) is 13.0 Å². The van der Waals surface area contributed by atoms with Gasteiger partial charge in [-0.3, -0.25) is 9.59 Å². The molecule has 5 heteroatoms. The van der Waals surface area contributed by atoms with Crippen LogP contribution in [-0.4, -0.2) is 23.5 Å². The summed E-state index contributed by atoms with van der Waals surface area (Å²) in [6.07, 6.45) is 0. The van der Waals surface area contributed by atoms with E-state index < -0.39 is 11.9 Å². The van der Waals surface area contributed by atoms with E-state index in [0.717, 1.165) is 5.56 Å². The van der Waals surface area contributed by atoms with Crippen molar-refractivity contribution in [1.82, 2.24) is 0 Å². The summed E-state index contributed by atoms with van der Waals surface area (Å²) in [5, 5.41) is 9.59. The molecule has 1 rings (SSSR count). The van der Waals surface area contributed by atoms with Crippen LogP contribution in [0, 0.1) is 18.8 Å². The molecule has 0 aromatic heterocycles. The summed E-state index contributed by atoms with van der Waals surface area (Å²) in [4.78, 5) is 24.8. The highest BCUT2D eigenvalue weighted by atomic mass is 35.5. The van der Waals surface area contributed by atoms with Crippen molar-refractivity contribution in [3.05, 3.63) is 28.8 Å². The van der Waals surface area contributed by atoms with E-state index in [1.165, 1.54) is 4.90 Å². The lowest BCUT2D eigenvalue weighted by molar-refractivity contribution is -0.140. The van der Waals surface area contributed by atoms with Crippen LogP contribution < -0.4 is 4.90 Å². The number of hydrogen-bond donors (Lipinski definition) is 1. The van der Waals surface area contributed by atoms with E-state index >= 15 is 0 Å². The van der Waals surface area contributed by atoms with E-state index in [-0.39, 0.29) is 18.4 Å². The molecule has 0 heterocycles. The quantitative estimate of drug-likeness (QED) is 0.906. The molecule has 1 unspecified atom stereocenters. The van der Waals surface area contributed by atoms with E-state index in [2.05, 4.69) is 0 Å². The smallest absolute Gasteiger partial charge is 0.308 e. The highest BCUT2D eigenvalue weighted by Gasteiger charge is 2.24. The number of nitrogens with zero attached hydrogens (tertiary/aromatic N) is 1. The fourth-order valence-electron chi connectivity index (χ4n) is 1.74. The third kappa shape index (κ3) is 3.97. The van der Waals surface area contributed by atoms with Crippen LogP contribution in [0.5, 0.6) is 0 Å². The van der Waals surface area contributed by atoms with Crippen molar-refractivity contribution in [1.29, 1.82) is 0 Å². The number of amides is 1. The minimum absolute atomic E-state index is 0.113. The molecule has 20 heavy (non-hydrogen) atoms. The molecule has 0 bridgehead atoms. The Labute approximate surface area is 124 Å². The lowest BCUT2D eigenvalue weighted by atomic mass is 10.1. The Morgan fingerprint density at radius 1 is 1.30 bits per heavy atom. The predicted octanol–water partition coefficient (Wildman–Crippen LogP) is 3.36. The van der Waals surface area contributed by atoms with Crippen LogP contribution in [0.15, 0.2) is 18.2 Å². The minimum Gasteiger partial charge on any atom is -0.481 e. The summed E-state index contributed by atoms with van der Waals surface area (Å²) in [5.74, 6) is -1.89. The van der Waals surface area contributed by atoms with Crippen LogP contribution in [0.1, 0.15) is 26.3 Å². The van der Waals surface area contributed by atoms with Gasteiger partial charge in [0.15, 0.2) is 0 Å². The van der Waals surface area contributed by atoms with Gasteiger partial charge in [0.2, 0.25) is 5.91 Å². The highest BCUT2D eigenvalue weighted by molar-refractivity contribution is 6.31. The summed E-state index contributed by atoms with van der Waals surface area (Å²) in [7, 11) is 0. The van der Waals surface area contributed by atoms with Crippen molar-refractivity contribution in [2.45, 2.75) is 27.7 Å². The topological polar surface area (TPSA) is 57.6 Å². The summed E-state index contributed by atoms with van der Waals surface area (Å²) >= 11 is 6.09. The van der Waals surface area contributed by atoms with Crippen LogP contribution >= 0.6 is 11.6 Å². The van der Waals surface area contributed by atoms with Gasteiger partial charge < -0.3 is 10.0 Å². The number of aryl methyl sites for hydroxylation is 1. The molecule has 0 saturated carbocycles. The van der Waals surface area contributed by atoms with Gasteiger partial charge in [-0.1, -0.05) is 38.4 Å². The average Bonchev–Trinajstić information content (AvgIpc) is 2.38. The summed E-state index contributed by atoms with van der Waals surface area (Å²) in [6, 6.07) is 5.31. The Morgan fingerprint density at radius 3 is 2.35 bits per heavy atom. The molecule has 0 saturated heterocycles. The van der Waals surface area contributed by atoms with Crippen LogP contribution in [0.4, 0.5) is 5.69 Å². The van der Waals surface area contributed by atoms with Gasteiger partial charge in [0.05, 0.1) is 5.92 Å². The second-order valence-corrected chi connectivity index (χ2v) is 5.68. The number of carbonyl (C=O) groups excluding carboxylic acids is 1. The van der Waals surface area contributed by atoms with E-state index in [9.17, 15) is 9.59 Å². The van der Waals surface area contributed by atoms with Gasteiger partial charge in [0, 0.05) is 23.2 Å². The largest absolute Gasteiger partial charge is 0.481 e. The van der Waals surface area contributed by atoms with Gasteiger partial charge >= 0.3 is 5.97 Å². The number of carbonyl (C=O) groups is 2. The molecule has 1 aromatic carbocycles. The van der Waals surface area contributed by atoms with E-state index in [4.69, 9.17) is 16.7 Å². The monoisotopic (exact) mass is 297 g/mol. The zero-order valence-corrected chi connectivity index (χ0v) is 12.9. The number of benzene rings is 1. The normalized spacial score (nSPS) is 12.3. The number of halogens is 1. The lowest BCUT2D eigenvalue weighted by Gasteiger charge is -2.26. The SMILES string of the molecule is Cc1ccc(N(CC(C)C(=O)O)C(=O)C(C)C)cc1Cl. The first-order valence-corrected chi connectivity index (χ1v) is 6.92. The molecular weight excluding hydrogens is 278 g/mol. The van der Waals surface area contributed by atoms with Crippen molar-refractivity contribution in [2.24, 2.45) is 11.8 Å². The molecule has 1 amide bonds. The Hall–Kier alpha value is -1.55. The van der Waals surface area contributed by atoms with Crippen LogP contribution in [0.25, 0.3) is 0 Å². The molecule has 1 atom stereocenters. The molecule has 1 aromatic rings. The Kier molecular flexibility index (Phi) is 5.57. The third-order valence-electron chi connectivity index (χ3n) is 3.11. The number of aliphatic carboxylic acids is 1. The van der Waals surface area contributed by atoms with Crippen molar-refractivity contribution < 1.29 is 14.7 Å². The number of anilines is 1. The molecule has 0 aliphatic carbocycles. The molecule has 1 N–H and O–H groups in total.